The maximum Gasteiger partial charge on any atom is 0.241 e. The first-order valence-electron chi connectivity index (χ1n) is 8.24. The molecule has 0 aromatic carbocycles. The minimum Gasteiger partial charge on any atom is -0.347 e. The van der Waals surface area contributed by atoms with Crippen molar-refractivity contribution in [1.82, 2.24) is 14.7 Å². The number of likely N-dealkylation sites (N-methyl/N-ethyl adjacent to an activating group) is 1. The number of amides is 2. The van der Waals surface area contributed by atoms with Gasteiger partial charge in [-0.3, -0.25) is 14.5 Å². The van der Waals surface area contributed by atoms with Gasteiger partial charge in [-0.15, -0.1) is 11.3 Å². The third-order valence-electron chi connectivity index (χ3n) is 5.04. The highest BCUT2D eigenvalue weighted by molar-refractivity contribution is 7.09. The molecule has 1 aromatic rings. The Kier molecular flexibility index (Phi) is 4.73. The number of carbonyl (C=O) groups is 2. The molecule has 6 heteroatoms. The Morgan fingerprint density at radius 1 is 1.35 bits per heavy atom. The van der Waals surface area contributed by atoms with Gasteiger partial charge in [-0.05, 0) is 37.3 Å². The van der Waals surface area contributed by atoms with Gasteiger partial charge in [0.05, 0.1) is 12.0 Å². The van der Waals surface area contributed by atoms with E-state index in [0.717, 1.165) is 38.9 Å². The second kappa shape index (κ2) is 6.61. The third kappa shape index (κ3) is 3.43. The highest BCUT2D eigenvalue weighted by Gasteiger charge is 2.49. The molecule has 0 saturated carbocycles. The van der Waals surface area contributed by atoms with Crippen molar-refractivity contribution >= 4 is 23.2 Å². The summed E-state index contributed by atoms with van der Waals surface area (Å²) in [7, 11) is 3.48. The second-order valence-electron chi connectivity index (χ2n) is 6.94. The smallest absolute Gasteiger partial charge is 0.241 e. The molecular weight excluding hydrogens is 310 g/mol. The summed E-state index contributed by atoms with van der Waals surface area (Å²) in [5, 5.41) is 2.10. The fourth-order valence-corrected chi connectivity index (χ4v) is 4.46. The van der Waals surface area contributed by atoms with Crippen molar-refractivity contribution in [3.63, 3.8) is 0 Å². The Hall–Kier alpha value is -1.40. The van der Waals surface area contributed by atoms with E-state index in [1.54, 1.807) is 35.2 Å². The van der Waals surface area contributed by atoms with Gasteiger partial charge >= 0.3 is 0 Å². The molecular formula is C17H25N3O2S. The van der Waals surface area contributed by atoms with E-state index in [0.29, 0.717) is 6.54 Å². The fraction of sp³-hybridized carbons (Fsp3) is 0.647. The summed E-state index contributed by atoms with van der Waals surface area (Å²) in [6, 6.07) is 4.24. The van der Waals surface area contributed by atoms with E-state index in [2.05, 4.69) is 22.4 Å². The van der Waals surface area contributed by atoms with E-state index in [-0.39, 0.29) is 23.8 Å². The molecule has 1 aromatic heterocycles. The lowest BCUT2D eigenvalue weighted by Gasteiger charge is -2.38. The Balaban J connectivity index is 1.64. The largest absolute Gasteiger partial charge is 0.347 e. The number of nitrogens with zero attached hydrogens (tertiary/aromatic N) is 3. The molecule has 2 aliphatic heterocycles. The normalized spacial score (nSPS) is 25.3. The van der Waals surface area contributed by atoms with Crippen molar-refractivity contribution < 1.29 is 9.59 Å². The number of carbonyl (C=O) groups excluding carboxylic acids is 2. The van der Waals surface area contributed by atoms with Crippen molar-refractivity contribution in [2.75, 3.05) is 40.3 Å². The summed E-state index contributed by atoms with van der Waals surface area (Å²) in [5.74, 6) is 0.185. The third-order valence-corrected chi connectivity index (χ3v) is 5.90. The van der Waals surface area contributed by atoms with E-state index in [1.165, 1.54) is 4.88 Å². The van der Waals surface area contributed by atoms with Crippen LogP contribution in [0.5, 0.6) is 0 Å². The summed E-state index contributed by atoms with van der Waals surface area (Å²) >= 11 is 1.77. The van der Waals surface area contributed by atoms with Gasteiger partial charge in [-0.1, -0.05) is 6.07 Å². The number of thiophene rings is 1. The van der Waals surface area contributed by atoms with Crippen molar-refractivity contribution in [2.24, 2.45) is 5.41 Å². The van der Waals surface area contributed by atoms with Gasteiger partial charge < -0.3 is 9.80 Å². The first-order valence-corrected chi connectivity index (χ1v) is 9.12. The lowest BCUT2D eigenvalue weighted by atomic mass is 9.78. The summed E-state index contributed by atoms with van der Waals surface area (Å²) < 4.78 is 0. The van der Waals surface area contributed by atoms with E-state index < -0.39 is 0 Å². The van der Waals surface area contributed by atoms with Gasteiger partial charge in [0.2, 0.25) is 11.8 Å². The molecule has 3 heterocycles. The van der Waals surface area contributed by atoms with Crippen LogP contribution in [0.2, 0.25) is 0 Å². The highest BCUT2D eigenvalue weighted by Crippen LogP contribution is 2.40. The quantitative estimate of drug-likeness (QED) is 0.840. The number of piperidine rings is 1. The van der Waals surface area contributed by atoms with Gasteiger partial charge in [0.1, 0.15) is 0 Å². The molecule has 1 atom stereocenters. The zero-order valence-electron chi connectivity index (χ0n) is 14.0. The van der Waals surface area contributed by atoms with Crippen LogP contribution in [0.3, 0.4) is 0 Å². The average Bonchev–Trinajstić information content (AvgIpc) is 3.12. The lowest BCUT2D eigenvalue weighted by molar-refractivity contribution is -0.143. The molecule has 0 aliphatic carbocycles. The van der Waals surface area contributed by atoms with Crippen LogP contribution >= 0.6 is 11.3 Å². The monoisotopic (exact) mass is 335 g/mol. The summed E-state index contributed by atoms with van der Waals surface area (Å²) in [6.07, 6.45) is 2.90. The summed E-state index contributed by atoms with van der Waals surface area (Å²) in [5.41, 5.74) is -0.262. The van der Waals surface area contributed by atoms with Crippen LogP contribution in [0.15, 0.2) is 17.5 Å². The molecule has 3 rings (SSSR count). The van der Waals surface area contributed by atoms with Gasteiger partial charge in [-0.25, -0.2) is 0 Å². The second-order valence-corrected chi connectivity index (χ2v) is 7.97. The maximum absolute atomic E-state index is 12.9. The molecule has 2 aliphatic rings. The van der Waals surface area contributed by atoms with Crippen molar-refractivity contribution in [2.45, 2.75) is 25.8 Å². The molecule has 2 amide bonds. The van der Waals surface area contributed by atoms with E-state index in [1.807, 2.05) is 0 Å². The molecule has 2 saturated heterocycles. The van der Waals surface area contributed by atoms with Gasteiger partial charge in [0.25, 0.3) is 0 Å². The molecule has 2 fully saturated rings. The molecule has 23 heavy (non-hydrogen) atoms. The zero-order chi connectivity index (χ0) is 16.4. The van der Waals surface area contributed by atoms with Gasteiger partial charge in [0.15, 0.2) is 0 Å². The Morgan fingerprint density at radius 3 is 2.87 bits per heavy atom. The van der Waals surface area contributed by atoms with Crippen LogP contribution in [0.25, 0.3) is 0 Å². The summed E-state index contributed by atoms with van der Waals surface area (Å²) in [6.45, 7) is 3.76. The van der Waals surface area contributed by atoms with Crippen LogP contribution in [-0.4, -0.2) is 66.8 Å². The van der Waals surface area contributed by atoms with Crippen LogP contribution < -0.4 is 0 Å². The van der Waals surface area contributed by atoms with Crippen molar-refractivity contribution in [3.05, 3.63) is 22.4 Å². The molecule has 1 spiro atoms. The molecule has 0 radical (unpaired) electrons. The molecule has 0 bridgehead atoms. The van der Waals surface area contributed by atoms with Crippen LogP contribution in [0, 0.1) is 5.41 Å². The highest BCUT2D eigenvalue weighted by atomic mass is 32.1. The van der Waals surface area contributed by atoms with Crippen LogP contribution in [0.1, 0.15) is 24.1 Å². The Bertz CT molecular complexity index is 572. The molecule has 5 nitrogen and oxygen atoms in total. The fourth-order valence-electron chi connectivity index (χ4n) is 3.71. The molecule has 0 N–H and O–H groups in total. The van der Waals surface area contributed by atoms with Crippen molar-refractivity contribution in [1.29, 1.82) is 0 Å². The predicted molar refractivity (Wildman–Crippen MR) is 91.2 cm³/mol. The number of hydrogen-bond donors (Lipinski definition) is 0. The number of rotatable bonds is 4. The summed E-state index contributed by atoms with van der Waals surface area (Å²) in [4.78, 5) is 31.9. The molecule has 126 valence electrons. The first-order chi connectivity index (χ1) is 11.0. The van der Waals surface area contributed by atoms with Crippen LogP contribution in [0.4, 0.5) is 0 Å². The van der Waals surface area contributed by atoms with Crippen molar-refractivity contribution in [3.8, 4) is 0 Å². The van der Waals surface area contributed by atoms with E-state index in [9.17, 15) is 9.59 Å². The Morgan fingerprint density at radius 2 is 2.17 bits per heavy atom. The standard InChI is InChI=1S/C17H25N3O2S/c1-18(2)15(21)12-20-9-7-17(16(20)22)6-4-8-19(13-17)11-14-5-3-10-23-14/h3,5,10H,4,6-9,11-13H2,1-2H3/t17-/m1/s1. The average molecular weight is 335 g/mol. The Labute approximate surface area is 141 Å². The first kappa shape index (κ1) is 16.5. The van der Waals surface area contributed by atoms with E-state index in [4.69, 9.17) is 0 Å². The number of likely N-dealkylation sites (tertiary alicyclic amines) is 2. The zero-order valence-corrected chi connectivity index (χ0v) is 14.8. The number of hydrogen-bond acceptors (Lipinski definition) is 4. The van der Waals surface area contributed by atoms with E-state index >= 15 is 0 Å². The topological polar surface area (TPSA) is 43.9 Å². The van der Waals surface area contributed by atoms with Gasteiger partial charge in [-0.2, -0.15) is 0 Å². The minimum absolute atomic E-state index is 0.00153. The predicted octanol–water partition coefficient (Wildman–Crippen LogP) is 1.65. The molecule has 0 unspecified atom stereocenters. The van der Waals surface area contributed by atoms with Crippen LogP contribution in [-0.2, 0) is 16.1 Å². The SMILES string of the molecule is CN(C)C(=O)CN1CC[C@@]2(CCCN(Cc3cccs3)C2)C1=O. The minimum atomic E-state index is -0.262. The maximum atomic E-state index is 12.9. The van der Waals surface area contributed by atoms with Gasteiger partial charge in [0, 0.05) is 38.6 Å². The lowest BCUT2D eigenvalue weighted by Crippen LogP contribution is -2.48.